The van der Waals surface area contributed by atoms with E-state index in [2.05, 4.69) is 28.4 Å². The zero-order valence-corrected chi connectivity index (χ0v) is 15.7. The van der Waals surface area contributed by atoms with Crippen molar-refractivity contribution in [2.45, 2.75) is 19.8 Å². The number of carbonyl (C=O) groups excluding carboxylic acids is 1. The summed E-state index contributed by atoms with van der Waals surface area (Å²) in [5.74, 6) is 1.01. The molecule has 2 aromatic heterocycles. The maximum Gasteiger partial charge on any atom is 0.228 e. The minimum atomic E-state index is 0.0145. The molecule has 0 spiro atoms. The molecular formula is C21H24N4O2. The molecule has 1 aliphatic rings. The third kappa shape index (κ3) is 4.06. The quantitative estimate of drug-likeness (QED) is 0.731. The van der Waals surface area contributed by atoms with Crippen molar-refractivity contribution in [1.29, 1.82) is 0 Å². The lowest BCUT2D eigenvalue weighted by atomic mass is 9.97. The molecule has 1 fully saturated rings. The monoisotopic (exact) mass is 364 g/mol. The maximum absolute atomic E-state index is 12.0. The van der Waals surface area contributed by atoms with Crippen LogP contribution >= 0.6 is 0 Å². The number of aromatic nitrogens is 2. The largest absolute Gasteiger partial charge is 0.383 e. The lowest BCUT2D eigenvalue weighted by Crippen LogP contribution is -2.14. The number of hydrogen-bond acceptors (Lipinski definition) is 5. The van der Waals surface area contributed by atoms with Crippen molar-refractivity contribution in [2.24, 2.45) is 5.92 Å². The summed E-state index contributed by atoms with van der Waals surface area (Å²) >= 11 is 0. The molecule has 0 unspecified atom stereocenters. The summed E-state index contributed by atoms with van der Waals surface area (Å²) in [6.45, 7) is 10.2. The van der Waals surface area contributed by atoms with Crippen molar-refractivity contribution in [3.63, 3.8) is 0 Å². The van der Waals surface area contributed by atoms with E-state index in [1.165, 1.54) is 0 Å². The standard InChI is InChI=1S/C21H24N4O2/c1-5-13(11-27-4)19(12(2)3)17-8-15-9-18(25-21(26)14-6-7-14)23-10-16(15)20(22)24-17/h5,8-10,14H,1-2,6-7,11H2,3-4H3,(H2,22,24)(H,23,25,26)/b19-13-. The molecule has 2 aromatic rings. The van der Waals surface area contributed by atoms with E-state index in [9.17, 15) is 4.79 Å². The average Bonchev–Trinajstić information content (AvgIpc) is 3.46. The Kier molecular flexibility index (Phi) is 5.37. The van der Waals surface area contributed by atoms with E-state index in [0.717, 1.165) is 40.3 Å². The van der Waals surface area contributed by atoms with Crippen molar-refractivity contribution in [2.75, 3.05) is 24.8 Å². The van der Waals surface area contributed by atoms with Gasteiger partial charge in [0.05, 0.1) is 12.3 Å². The minimum Gasteiger partial charge on any atom is -0.383 e. The van der Waals surface area contributed by atoms with Crippen LogP contribution in [0.15, 0.2) is 48.7 Å². The van der Waals surface area contributed by atoms with E-state index in [1.54, 1.807) is 19.4 Å². The van der Waals surface area contributed by atoms with Gasteiger partial charge in [0.15, 0.2) is 0 Å². The molecular weight excluding hydrogens is 340 g/mol. The summed E-state index contributed by atoms with van der Waals surface area (Å²) in [7, 11) is 1.63. The zero-order valence-electron chi connectivity index (χ0n) is 15.7. The number of nitrogen functional groups attached to an aromatic ring is 1. The van der Waals surface area contributed by atoms with Gasteiger partial charge >= 0.3 is 0 Å². The number of amides is 1. The Morgan fingerprint density at radius 3 is 2.78 bits per heavy atom. The lowest BCUT2D eigenvalue weighted by molar-refractivity contribution is -0.117. The van der Waals surface area contributed by atoms with Crippen LogP contribution in [-0.2, 0) is 9.53 Å². The van der Waals surface area contributed by atoms with Crippen LogP contribution in [0.4, 0.5) is 11.6 Å². The number of hydrogen-bond donors (Lipinski definition) is 2. The highest BCUT2D eigenvalue weighted by Gasteiger charge is 2.29. The number of pyridine rings is 2. The number of nitrogens with one attached hydrogen (secondary N) is 1. The van der Waals surface area contributed by atoms with E-state index in [-0.39, 0.29) is 11.8 Å². The second kappa shape index (κ2) is 7.72. The Balaban J connectivity index is 2.08. The highest BCUT2D eigenvalue weighted by Crippen LogP contribution is 2.32. The second-order valence-corrected chi connectivity index (χ2v) is 6.76. The van der Waals surface area contributed by atoms with Crippen LogP contribution in [0.25, 0.3) is 16.3 Å². The molecule has 1 amide bonds. The topological polar surface area (TPSA) is 90.1 Å². The van der Waals surface area contributed by atoms with Crippen LogP contribution in [0.2, 0.25) is 0 Å². The summed E-state index contributed by atoms with van der Waals surface area (Å²) in [4.78, 5) is 20.8. The minimum absolute atomic E-state index is 0.0145. The molecule has 140 valence electrons. The van der Waals surface area contributed by atoms with E-state index in [4.69, 9.17) is 10.5 Å². The molecule has 3 rings (SSSR count). The number of nitrogens with zero attached hydrogens (tertiary/aromatic N) is 2. The molecule has 0 aliphatic heterocycles. The number of nitrogens with two attached hydrogens (primary N) is 1. The first-order valence-electron chi connectivity index (χ1n) is 8.82. The molecule has 1 saturated carbocycles. The Hall–Kier alpha value is -2.99. The SMILES string of the molecule is C=C/C(COC)=C(\C(=C)C)c1cc2cc(NC(=O)C3CC3)ncc2c(N)n1. The number of fused-ring (bicyclic) bond motifs is 1. The lowest BCUT2D eigenvalue weighted by Gasteiger charge is -2.14. The van der Waals surface area contributed by atoms with Crippen molar-refractivity contribution >= 4 is 33.9 Å². The summed E-state index contributed by atoms with van der Waals surface area (Å²) in [6.07, 6.45) is 5.26. The van der Waals surface area contributed by atoms with Gasteiger partial charge in [0.25, 0.3) is 0 Å². The van der Waals surface area contributed by atoms with Gasteiger partial charge in [-0.2, -0.15) is 0 Å². The van der Waals surface area contributed by atoms with Crippen molar-refractivity contribution in [1.82, 2.24) is 9.97 Å². The first-order valence-corrected chi connectivity index (χ1v) is 8.82. The summed E-state index contributed by atoms with van der Waals surface area (Å²) in [5, 5.41) is 4.44. The van der Waals surface area contributed by atoms with Gasteiger partial charge in [-0.3, -0.25) is 4.79 Å². The van der Waals surface area contributed by atoms with Gasteiger partial charge in [-0.15, -0.1) is 0 Å². The molecule has 6 heteroatoms. The van der Waals surface area contributed by atoms with Gasteiger partial charge in [-0.25, -0.2) is 9.97 Å². The van der Waals surface area contributed by atoms with Crippen molar-refractivity contribution < 1.29 is 9.53 Å². The first-order chi connectivity index (χ1) is 12.9. The predicted molar refractivity (Wildman–Crippen MR) is 109 cm³/mol. The Bertz CT molecular complexity index is 958. The second-order valence-electron chi connectivity index (χ2n) is 6.76. The molecule has 2 heterocycles. The van der Waals surface area contributed by atoms with E-state index in [0.29, 0.717) is 23.9 Å². The summed E-state index contributed by atoms with van der Waals surface area (Å²) < 4.78 is 5.27. The normalized spacial score (nSPS) is 14.6. The molecule has 0 radical (unpaired) electrons. The van der Waals surface area contributed by atoms with E-state index >= 15 is 0 Å². The summed E-state index contributed by atoms with van der Waals surface area (Å²) in [6, 6.07) is 3.74. The molecule has 0 bridgehead atoms. The maximum atomic E-state index is 12.0. The summed E-state index contributed by atoms with van der Waals surface area (Å²) in [5.41, 5.74) is 9.43. The van der Waals surface area contributed by atoms with E-state index < -0.39 is 0 Å². The van der Waals surface area contributed by atoms with Crippen molar-refractivity contribution in [3.8, 4) is 0 Å². The average molecular weight is 364 g/mol. The smallest absolute Gasteiger partial charge is 0.228 e. The molecule has 0 atom stereocenters. The highest BCUT2D eigenvalue weighted by molar-refractivity contribution is 5.98. The van der Waals surface area contributed by atoms with Gasteiger partial charge in [0.1, 0.15) is 11.6 Å². The number of methoxy groups -OCH3 is 1. The van der Waals surface area contributed by atoms with Gasteiger partial charge in [0.2, 0.25) is 5.91 Å². The van der Waals surface area contributed by atoms with Gasteiger partial charge in [-0.05, 0) is 48.4 Å². The number of rotatable bonds is 7. The fraction of sp³-hybridized carbons (Fsp3) is 0.286. The third-order valence-electron chi connectivity index (χ3n) is 4.49. The fourth-order valence-corrected chi connectivity index (χ4v) is 2.99. The van der Waals surface area contributed by atoms with Gasteiger partial charge in [-0.1, -0.05) is 19.2 Å². The predicted octanol–water partition coefficient (Wildman–Crippen LogP) is 3.72. The van der Waals surface area contributed by atoms with Crippen LogP contribution < -0.4 is 11.1 Å². The fourth-order valence-electron chi connectivity index (χ4n) is 2.99. The zero-order chi connectivity index (χ0) is 19.6. The number of carbonyl (C=O) groups is 1. The molecule has 1 aliphatic carbocycles. The number of allylic oxidation sites excluding steroid dienone is 2. The van der Waals surface area contributed by atoms with Gasteiger partial charge in [0, 0.05) is 30.2 Å². The molecule has 0 aromatic carbocycles. The van der Waals surface area contributed by atoms with Crippen LogP contribution in [0.1, 0.15) is 25.5 Å². The Morgan fingerprint density at radius 2 is 2.19 bits per heavy atom. The molecule has 6 nitrogen and oxygen atoms in total. The van der Waals surface area contributed by atoms with Crippen molar-refractivity contribution in [3.05, 3.63) is 54.4 Å². The molecule has 0 saturated heterocycles. The van der Waals surface area contributed by atoms with Gasteiger partial charge < -0.3 is 15.8 Å². The van der Waals surface area contributed by atoms with Crippen LogP contribution in [0.5, 0.6) is 0 Å². The molecule has 27 heavy (non-hydrogen) atoms. The Labute approximate surface area is 158 Å². The Morgan fingerprint density at radius 1 is 1.44 bits per heavy atom. The van der Waals surface area contributed by atoms with Crippen LogP contribution in [0, 0.1) is 5.92 Å². The first kappa shape index (κ1) is 18.8. The molecule has 3 N–H and O–H groups in total. The van der Waals surface area contributed by atoms with Crippen LogP contribution in [-0.4, -0.2) is 29.6 Å². The number of anilines is 2. The highest BCUT2D eigenvalue weighted by atomic mass is 16.5. The third-order valence-corrected chi connectivity index (χ3v) is 4.49. The number of ether oxygens (including phenoxy) is 1. The van der Waals surface area contributed by atoms with E-state index in [1.807, 2.05) is 19.1 Å². The van der Waals surface area contributed by atoms with Crippen LogP contribution in [0.3, 0.4) is 0 Å².